The lowest BCUT2D eigenvalue weighted by Crippen LogP contribution is -2.12. The minimum atomic E-state index is 0.709. The second-order valence-corrected chi connectivity index (χ2v) is 5.76. The average molecular weight is 253 g/mol. The van der Waals surface area contributed by atoms with Gasteiger partial charge in [-0.25, -0.2) is 4.68 Å². The number of benzene rings is 1. The van der Waals surface area contributed by atoms with Crippen LogP contribution in [0.25, 0.3) is 5.69 Å². The van der Waals surface area contributed by atoms with Crippen LogP contribution < -0.4 is 5.32 Å². The van der Waals surface area contributed by atoms with Crippen LogP contribution in [0.5, 0.6) is 0 Å². The van der Waals surface area contributed by atoms with E-state index in [9.17, 15) is 0 Å². The number of nitrogens with zero attached hydrogens (tertiary/aromatic N) is 2. The number of aryl methyl sites for hydroxylation is 1. The van der Waals surface area contributed by atoms with Crippen molar-refractivity contribution in [3.63, 3.8) is 0 Å². The van der Waals surface area contributed by atoms with E-state index >= 15 is 0 Å². The summed E-state index contributed by atoms with van der Waals surface area (Å²) in [5.41, 5.74) is 5.28. The molecule has 0 bridgehead atoms. The Balaban J connectivity index is 1.81. The van der Waals surface area contributed by atoms with Crippen LogP contribution in [-0.4, -0.2) is 16.3 Å². The van der Waals surface area contributed by atoms with Crippen LogP contribution in [0.15, 0.2) is 24.3 Å². The van der Waals surface area contributed by atoms with Crippen LogP contribution in [0, 0.1) is 6.92 Å². The molecule has 0 amide bonds. The summed E-state index contributed by atoms with van der Waals surface area (Å²) in [4.78, 5) is 0. The molecule has 1 N–H and O–H groups in total. The average Bonchev–Trinajstić information content (AvgIpc) is 2.92. The highest BCUT2D eigenvalue weighted by Gasteiger charge is 2.30. The lowest BCUT2D eigenvalue weighted by molar-refractivity contribution is 0.407. The second-order valence-electron chi connectivity index (χ2n) is 5.76. The Morgan fingerprint density at radius 2 is 2.00 bits per heavy atom. The fraction of sp³-hybridized carbons (Fsp3) is 0.438. The molecule has 1 aromatic carbocycles. The first-order valence-electron chi connectivity index (χ1n) is 7.25. The first kappa shape index (κ1) is 11.1. The van der Waals surface area contributed by atoms with Gasteiger partial charge in [-0.05, 0) is 38.3 Å². The van der Waals surface area contributed by atoms with E-state index in [2.05, 4.69) is 41.2 Å². The molecule has 2 aliphatic rings. The number of rotatable bonds is 2. The minimum absolute atomic E-state index is 0.709. The zero-order valence-electron chi connectivity index (χ0n) is 11.3. The highest BCUT2D eigenvalue weighted by Crippen LogP contribution is 2.41. The van der Waals surface area contributed by atoms with E-state index < -0.39 is 0 Å². The largest absolute Gasteiger partial charge is 0.369 e. The Hall–Kier alpha value is -1.77. The van der Waals surface area contributed by atoms with Crippen LogP contribution in [0.3, 0.4) is 0 Å². The zero-order valence-corrected chi connectivity index (χ0v) is 11.3. The van der Waals surface area contributed by atoms with E-state index in [1.807, 2.05) is 0 Å². The molecule has 0 radical (unpaired) electrons. The van der Waals surface area contributed by atoms with Crippen molar-refractivity contribution in [2.24, 2.45) is 0 Å². The van der Waals surface area contributed by atoms with Crippen LogP contribution in [0.1, 0.15) is 42.0 Å². The Morgan fingerprint density at radius 1 is 1.21 bits per heavy atom. The van der Waals surface area contributed by atoms with E-state index in [0.29, 0.717) is 5.92 Å². The maximum absolute atomic E-state index is 4.91. The summed E-state index contributed by atoms with van der Waals surface area (Å²) in [6, 6.07) is 8.63. The van der Waals surface area contributed by atoms with Gasteiger partial charge in [-0.1, -0.05) is 24.1 Å². The highest BCUT2D eigenvalue weighted by molar-refractivity contribution is 5.58. The summed E-state index contributed by atoms with van der Waals surface area (Å²) >= 11 is 0. The van der Waals surface area contributed by atoms with E-state index in [-0.39, 0.29) is 0 Å². The Bertz CT molecular complexity index is 606. The highest BCUT2D eigenvalue weighted by atomic mass is 15.3. The predicted molar refractivity (Wildman–Crippen MR) is 77.1 cm³/mol. The zero-order chi connectivity index (χ0) is 12.8. The molecule has 1 fully saturated rings. The molecular formula is C16H19N3. The quantitative estimate of drug-likeness (QED) is 0.888. The van der Waals surface area contributed by atoms with Gasteiger partial charge in [0.2, 0.25) is 0 Å². The molecule has 19 heavy (non-hydrogen) atoms. The second kappa shape index (κ2) is 4.12. The smallest absolute Gasteiger partial charge is 0.133 e. The monoisotopic (exact) mass is 253 g/mol. The number of hydrogen-bond acceptors (Lipinski definition) is 2. The third-order valence-corrected chi connectivity index (χ3v) is 4.45. The van der Waals surface area contributed by atoms with Gasteiger partial charge in [0.15, 0.2) is 0 Å². The van der Waals surface area contributed by atoms with E-state index in [4.69, 9.17) is 5.10 Å². The maximum Gasteiger partial charge on any atom is 0.133 e. The Morgan fingerprint density at radius 3 is 2.68 bits per heavy atom. The van der Waals surface area contributed by atoms with Crippen LogP contribution >= 0.6 is 0 Å². The first-order valence-corrected chi connectivity index (χ1v) is 7.25. The summed E-state index contributed by atoms with van der Waals surface area (Å²) in [5, 5.41) is 8.41. The molecule has 0 spiro atoms. The topological polar surface area (TPSA) is 29.9 Å². The van der Waals surface area contributed by atoms with Crippen LogP contribution in [0.2, 0.25) is 0 Å². The van der Waals surface area contributed by atoms with Crippen LogP contribution in [0.4, 0.5) is 5.82 Å². The predicted octanol–water partition coefficient (Wildman–Crippen LogP) is 3.42. The van der Waals surface area contributed by atoms with Gasteiger partial charge in [-0.3, -0.25) is 0 Å². The number of fused-ring (bicyclic) bond motifs is 1. The summed E-state index contributed by atoms with van der Waals surface area (Å²) < 4.78 is 2.11. The minimum Gasteiger partial charge on any atom is -0.369 e. The molecule has 2 heterocycles. The maximum atomic E-state index is 4.91. The molecule has 2 aromatic rings. The molecule has 1 aliphatic heterocycles. The molecule has 0 atom stereocenters. The Kier molecular flexibility index (Phi) is 2.40. The molecule has 0 unspecified atom stereocenters. The van der Waals surface area contributed by atoms with E-state index in [1.165, 1.54) is 47.6 Å². The molecule has 1 aromatic heterocycles. The van der Waals surface area contributed by atoms with Crippen molar-refractivity contribution in [1.82, 2.24) is 9.78 Å². The SMILES string of the molecule is Cc1ccc(-n2nc(C3CCC3)c3c2NCC3)cc1. The fourth-order valence-electron chi connectivity index (χ4n) is 3.08. The molecule has 98 valence electrons. The number of hydrogen-bond donors (Lipinski definition) is 1. The van der Waals surface area contributed by atoms with E-state index in [1.54, 1.807) is 0 Å². The van der Waals surface area contributed by atoms with Gasteiger partial charge >= 0.3 is 0 Å². The van der Waals surface area contributed by atoms with Gasteiger partial charge in [-0.2, -0.15) is 5.10 Å². The van der Waals surface area contributed by atoms with Crippen molar-refractivity contribution in [1.29, 1.82) is 0 Å². The standard InChI is InChI=1S/C16H19N3/c1-11-5-7-13(8-6-11)19-16-14(9-10-17-16)15(18-19)12-3-2-4-12/h5-8,12,17H,2-4,9-10H2,1H3. The fourth-order valence-corrected chi connectivity index (χ4v) is 3.08. The van der Waals surface area contributed by atoms with Crippen molar-refractivity contribution in [2.75, 3.05) is 11.9 Å². The molecule has 1 aliphatic carbocycles. The third kappa shape index (κ3) is 1.68. The third-order valence-electron chi connectivity index (χ3n) is 4.45. The van der Waals surface area contributed by atoms with Gasteiger partial charge in [0, 0.05) is 18.0 Å². The number of anilines is 1. The molecule has 4 rings (SSSR count). The van der Waals surface area contributed by atoms with Gasteiger partial charge < -0.3 is 5.32 Å². The molecule has 1 saturated carbocycles. The summed E-state index contributed by atoms with van der Waals surface area (Å²) in [7, 11) is 0. The van der Waals surface area contributed by atoms with E-state index in [0.717, 1.165) is 13.0 Å². The summed E-state index contributed by atoms with van der Waals surface area (Å²) in [5.74, 6) is 1.94. The van der Waals surface area contributed by atoms with Crippen molar-refractivity contribution >= 4 is 5.82 Å². The van der Waals surface area contributed by atoms with Crippen molar-refractivity contribution in [2.45, 2.75) is 38.5 Å². The molecule has 3 nitrogen and oxygen atoms in total. The molecule has 3 heteroatoms. The summed E-state index contributed by atoms with van der Waals surface area (Å²) in [6.45, 7) is 3.17. The normalized spacial score (nSPS) is 17.9. The van der Waals surface area contributed by atoms with Gasteiger partial charge in [0.25, 0.3) is 0 Å². The summed E-state index contributed by atoms with van der Waals surface area (Å²) in [6.07, 6.45) is 5.13. The lowest BCUT2D eigenvalue weighted by Gasteiger charge is -2.24. The molecular weight excluding hydrogens is 234 g/mol. The van der Waals surface area contributed by atoms with Gasteiger partial charge in [0.05, 0.1) is 11.4 Å². The van der Waals surface area contributed by atoms with Crippen molar-refractivity contribution < 1.29 is 0 Å². The lowest BCUT2D eigenvalue weighted by atomic mass is 9.81. The van der Waals surface area contributed by atoms with Gasteiger partial charge in [0.1, 0.15) is 5.82 Å². The number of nitrogens with one attached hydrogen (secondary N) is 1. The first-order chi connectivity index (χ1) is 9.33. The van der Waals surface area contributed by atoms with Crippen molar-refractivity contribution in [3.05, 3.63) is 41.1 Å². The van der Waals surface area contributed by atoms with Crippen LogP contribution in [-0.2, 0) is 6.42 Å². The van der Waals surface area contributed by atoms with Gasteiger partial charge in [-0.15, -0.1) is 0 Å². The number of aromatic nitrogens is 2. The van der Waals surface area contributed by atoms with Crippen molar-refractivity contribution in [3.8, 4) is 5.69 Å². The Labute approximate surface area is 113 Å². The molecule has 0 saturated heterocycles.